The Hall–Kier alpha value is -1.18. The molecule has 6 N–H and O–H groups in total. The van der Waals surface area contributed by atoms with Crippen molar-refractivity contribution < 1.29 is 58.3 Å². The highest BCUT2D eigenvalue weighted by molar-refractivity contribution is 7.47. The number of ether oxygens (including phenoxy) is 2. The van der Waals surface area contributed by atoms with E-state index in [1.807, 2.05) is 0 Å². The molecule has 1 rings (SSSR count). The van der Waals surface area contributed by atoms with E-state index in [2.05, 4.69) is 38.2 Å². The molecule has 1 fully saturated rings. The number of carbonyl (C=O) groups is 1. The van der Waals surface area contributed by atoms with Crippen LogP contribution in [0.3, 0.4) is 0 Å². The molecule has 62 heavy (non-hydrogen) atoms. The molecule has 12 nitrogen and oxygen atoms in total. The van der Waals surface area contributed by atoms with Crippen LogP contribution in [0.1, 0.15) is 219 Å². The fourth-order valence-electron chi connectivity index (χ4n) is 7.74. The Balaban J connectivity index is 2.30. The van der Waals surface area contributed by atoms with Crippen molar-refractivity contribution >= 4 is 13.8 Å². The molecule has 1 aliphatic carbocycles. The largest absolute Gasteiger partial charge is 0.472 e. The van der Waals surface area contributed by atoms with Gasteiger partial charge in [0, 0.05) is 13.0 Å². The second-order valence-corrected chi connectivity index (χ2v) is 19.1. The Morgan fingerprint density at radius 1 is 0.500 bits per heavy atom. The molecule has 6 unspecified atom stereocenters. The lowest BCUT2D eigenvalue weighted by molar-refractivity contribution is -0.220. The van der Waals surface area contributed by atoms with Crippen LogP contribution >= 0.6 is 7.82 Å². The van der Waals surface area contributed by atoms with Crippen LogP contribution in [0.15, 0.2) is 24.3 Å². The molecule has 0 bridgehead atoms. The molecule has 0 heterocycles. The Morgan fingerprint density at radius 2 is 0.871 bits per heavy atom. The van der Waals surface area contributed by atoms with Crippen molar-refractivity contribution in [1.29, 1.82) is 0 Å². The fourth-order valence-corrected chi connectivity index (χ4v) is 8.72. The maximum Gasteiger partial charge on any atom is 0.472 e. The lowest BCUT2D eigenvalue weighted by Crippen LogP contribution is -2.64. The van der Waals surface area contributed by atoms with Gasteiger partial charge in [-0.3, -0.25) is 13.8 Å². The highest BCUT2D eigenvalue weighted by atomic mass is 31.2. The van der Waals surface area contributed by atoms with E-state index in [9.17, 15) is 39.8 Å². The van der Waals surface area contributed by atoms with Gasteiger partial charge >= 0.3 is 13.8 Å². The van der Waals surface area contributed by atoms with Crippen molar-refractivity contribution in [2.75, 3.05) is 19.8 Å². The van der Waals surface area contributed by atoms with E-state index in [0.717, 1.165) is 57.8 Å². The Morgan fingerprint density at radius 3 is 1.32 bits per heavy atom. The molecular formula is C49H93O12P. The summed E-state index contributed by atoms with van der Waals surface area (Å²) in [4.78, 5) is 23.2. The Labute approximate surface area is 377 Å². The van der Waals surface area contributed by atoms with Crippen molar-refractivity contribution in [3.63, 3.8) is 0 Å². The first kappa shape index (κ1) is 58.8. The van der Waals surface area contributed by atoms with Crippen molar-refractivity contribution in [2.24, 2.45) is 0 Å². The minimum atomic E-state index is -5.02. The second kappa shape index (κ2) is 40.1. The zero-order valence-corrected chi connectivity index (χ0v) is 40.1. The van der Waals surface area contributed by atoms with Gasteiger partial charge in [-0.2, -0.15) is 0 Å². The second-order valence-electron chi connectivity index (χ2n) is 17.7. The molecule has 0 aromatic heterocycles. The molecule has 1 aliphatic rings. The summed E-state index contributed by atoms with van der Waals surface area (Å²) in [6.07, 6.45) is 34.0. The number of aliphatic hydroxyl groups is 5. The van der Waals surface area contributed by atoms with Crippen LogP contribution in [-0.2, 0) is 27.9 Å². The van der Waals surface area contributed by atoms with Crippen LogP contribution in [0.5, 0.6) is 0 Å². The predicted molar refractivity (Wildman–Crippen MR) is 249 cm³/mol. The quantitative estimate of drug-likeness (QED) is 0.0147. The monoisotopic (exact) mass is 905 g/mol. The van der Waals surface area contributed by atoms with E-state index in [4.69, 9.17) is 18.5 Å². The van der Waals surface area contributed by atoms with Crippen LogP contribution in [0.25, 0.3) is 0 Å². The van der Waals surface area contributed by atoms with Gasteiger partial charge in [0.2, 0.25) is 0 Å². The van der Waals surface area contributed by atoms with E-state index in [1.165, 1.54) is 135 Å². The van der Waals surface area contributed by atoms with E-state index in [1.54, 1.807) is 0 Å². The van der Waals surface area contributed by atoms with Gasteiger partial charge < -0.3 is 39.9 Å². The van der Waals surface area contributed by atoms with Crippen LogP contribution in [0.2, 0.25) is 0 Å². The van der Waals surface area contributed by atoms with E-state index in [0.29, 0.717) is 13.0 Å². The smallest absolute Gasteiger partial charge is 0.457 e. The number of hydrogen-bond acceptors (Lipinski definition) is 11. The summed E-state index contributed by atoms with van der Waals surface area (Å²) in [7, 11) is -5.02. The van der Waals surface area contributed by atoms with Crippen LogP contribution < -0.4 is 0 Å². The van der Waals surface area contributed by atoms with E-state index < -0.39 is 63.1 Å². The number of unbranched alkanes of at least 4 members (excludes halogenated alkanes) is 27. The third-order valence-electron chi connectivity index (χ3n) is 11.8. The highest BCUT2D eigenvalue weighted by Gasteiger charge is 2.51. The molecule has 1 saturated carbocycles. The summed E-state index contributed by atoms with van der Waals surface area (Å²) in [6, 6.07) is 0. The summed E-state index contributed by atoms with van der Waals surface area (Å²) < 4.78 is 34.2. The first-order chi connectivity index (χ1) is 30.0. The van der Waals surface area contributed by atoms with Crippen molar-refractivity contribution in [3.05, 3.63) is 24.3 Å². The standard InChI is InChI=1S/C49H93O12P/c1-3-5-7-9-11-13-15-17-18-19-20-21-22-23-24-25-26-27-28-30-32-34-36-38-43(50)60-42(40-58-39-37-35-33-31-29-16-14-12-10-8-6-4-2)41-59-62(56,57)61-49-47(54)45(52)44(51)46(53)48(49)55/h10,12,19-20,42,44-49,51-55H,3-9,11,13-18,21-41H2,1-2H3,(H,56,57)/b12-10-,20-19-. The maximum absolute atomic E-state index is 12.8. The molecule has 6 atom stereocenters. The van der Waals surface area contributed by atoms with Crippen LogP contribution in [0.4, 0.5) is 0 Å². The molecule has 0 saturated heterocycles. The zero-order chi connectivity index (χ0) is 45.5. The molecule has 0 aromatic carbocycles. The molecular weight excluding hydrogens is 812 g/mol. The van der Waals surface area contributed by atoms with Gasteiger partial charge in [0.25, 0.3) is 0 Å². The highest BCUT2D eigenvalue weighted by Crippen LogP contribution is 2.47. The average molecular weight is 905 g/mol. The van der Waals surface area contributed by atoms with Crippen molar-refractivity contribution in [3.8, 4) is 0 Å². The summed E-state index contributed by atoms with van der Waals surface area (Å²) in [5.74, 6) is -0.478. The van der Waals surface area contributed by atoms with Crippen molar-refractivity contribution in [2.45, 2.75) is 262 Å². The molecule has 0 aliphatic heterocycles. The molecule has 0 radical (unpaired) electrons. The van der Waals surface area contributed by atoms with E-state index >= 15 is 0 Å². The molecule has 13 heteroatoms. The van der Waals surface area contributed by atoms with Crippen molar-refractivity contribution in [1.82, 2.24) is 0 Å². The first-order valence-electron chi connectivity index (χ1n) is 25.2. The number of allylic oxidation sites excluding steroid dienone is 4. The molecule has 0 aromatic rings. The zero-order valence-electron chi connectivity index (χ0n) is 39.2. The minimum Gasteiger partial charge on any atom is -0.457 e. The average Bonchev–Trinajstić information content (AvgIpc) is 3.26. The van der Waals surface area contributed by atoms with Gasteiger partial charge in [0.1, 0.15) is 42.7 Å². The van der Waals surface area contributed by atoms with Gasteiger partial charge in [-0.15, -0.1) is 0 Å². The number of esters is 1. The third kappa shape index (κ3) is 31.7. The maximum atomic E-state index is 12.8. The van der Waals surface area contributed by atoms with Gasteiger partial charge in [-0.05, 0) is 57.8 Å². The molecule has 0 amide bonds. The number of phosphoric ester groups is 1. The topological polar surface area (TPSA) is 192 Å². The summed E-state index contributed by atoms with van der Waals surface area (Å²) >= 11 is 0. The lowest BCUT2D eigenvalue weighted by Gasteiger charge is -2.41. The number of rotatable bonds is 43. The molecule has 0 spiro atoms. The summed E-state index contributed by atoms with van der Waals surface area (Å²) in [6.45, 7) is 4.23. The lowest BCUT2D eigenvalue weighted by atomic mass is 9.85. The van der Waals surface area contributed by atoms with Crippen LogP contribution in [0, 0.1) is 0 Å². The third-order valence-corrected chi connectivity index (χ3v) is 12.8. The summed E-state index contributed by atoms with van der Waals surface area (Å²) in [5, 5.41) is 50.2. The first-order valence-corrected chi connectivity index (χ1v) is 26.7. The van der Waals surface area contributed by atoms with Gasteiger partial charge in [0.05, 0.1) is 13.2 Å². The summed E-state index contributed by atoms with van der Waals surface area (Å²) in [5.41, 5.74) is 0. The molecule has 366 valence electrons. The number of hydrogen-bond donors (Lipinski definition) is 6. The number of carbonyl (C=O) groups excluding carboxylic acids is 1. The number of phosphoric acid groups is 1. The minimum absolute atomic E-state index is 0.0785. The fraction of sp³-hybridized carbons (Fsp3) is 0.898. The predicted octanol–water partition coefficient (Wildman–Crippen LogP) is 10.9. The SMILES string of the molecule is CCCC/C=C\CCCCCCCCOCC(COP(=O)(O)OC1C(O)C(O)C(O)C(O)C1O)OC(=O)CCCCCCCCCCCCC/C=C\CCCCCCCCCC. The van der Waals surface area contributed by atoms with Gasteiger partial charge in [-0.1, -0.05) is 179 Å². The van der Waals surface area contributed by atoms with Gasteiger partial charge in [-0.25, -0.2) is 4.57 Å². The van der Waals surface area contributed by atoms with Crippen LogP contribution in [-0.4, -0.2) is 98.9 Å². The normalized spacial score (nSPS) is 22.1. The Kier molecular flexibility index (Phi) is 38.1. The van der Waals surface area contributed by atoms with Gasteiger partial charge in [0.15, 0.2) is 0 Å². The van der Waals surface area contributed by atoms with E-state index in [-0.39, 0.29) is 13.0 Å². The number of aliphatic hydroxyl groups excluding tert-OH is 5. The Bertz CT molecular complexity index is 1120.